The van der Waals surface area contributed by atoms with E-state index in [1.165, 1.54) is 0 Å². The second-order valence-corrected chi connectivity index (χ2v) is 7.71. The first kappa shape index (κ1) is 21.2. The number of carbonyl (C=O) groups is 1. The zero-order chi connectivity index (χ0) is 21.7. The Morgan fingerprint density at radius 2 is 1.67 bits per heavy atom. The summed E-state index contributed by atoms with van der Waals surface area (Å²) in [6.07, 6.45) is 0. The number of hydrogen-bond acceptors (Lipinski definition) is 3. The minimum Gasteiger partial charge on any atom is -0.508 e. The summed E-state index contributed by atoms with van der Waals surface area (Å²) >= 11 is 0. The Labute approximate surface area is 177 Å². The first-order chi connectivity index (χ1) is 14.3. The summed E-state index contributed by atoms with van der Waals surface area (Å²) in [5, 5.41) is 15.8. The van der Waals surface area contributed by atoms with Crippen molar-refractivity contribution in [3.63, 3.8) is 0 Å². The molecule has 0 aliphatic rings. The summed E-state index contributed by atoms with van der Waals surface area (Å²) in [5.74, 6) is 1.87. The van der Waals surface area contributed by atoms with E-state index in [4.69, 9.17) is 4.74 Å². The van der Waals surface area contributed by atoms with Gasteiger partial charge in [0.25, 0.3) is 0 Å². The Balaban J connectivity index is 1.69. The van der Waals surface area contributed by atoms with Gasteiger partial charge < -0.3 is 20.5 Å². The van der Waals surface area contributed by atoms with Crippen LogP contribution in [0.4, 0.5) is 10.5 Å². The number of benzene rings is 3. The van der Waals surface area contributed by atoms with E-state index in [1.54, 1.807) is 12.1 Å². The van der Waals surface area contributed by atoms with Gasteiger partial charge in [0.2, 0.25) is 0 Å². The van der Waals surface area contributed by atoms with E-state index in [2.05, 4.69) is 10.6 Å². The van der Waals surface area contributed by atoms with E-state index in [-0.39, 0.29) is 17.7 Å². The minimum absolute atomic E-state index is 0.191. The second kappa shape index (κ2) is 9.35. The fraction of sp³-hybridized carbons (Fsp3) is 0.240. The molecule has 3 rings (SSSR count). The molecule has 0 saturated carbocycles. The molecule has 3 N–H and O–H groups in total. The van der Waals surface area contributed by atoms with E-state index in [9.17, 15) is 9.90 Å². The van der Waals surface area contributed by atoms with Crippen molar-refractivity contribution < 1.29 is 14.6 Å². The van der Waals surface area contributed by atoms with Crippen molar-refractivity contribution in [2.24, 2.45) is 0 Å². The van der Waals surface area contributed by atoms with Crippen LogP contribution in [-0.2, 0) is 6.54 Å². The molecule has 0 heterocycles. The van der Waals surface area contributed by atoms with Crippen LogP contribution in [0.25, 0.3) is 0 Å². The lowest BCUT2D eigenvalue weighted by Gasteiger charge is -2.16. The number of phenolic OH excluding ortho intramolecular Hbond substituents is 1. The molecule has 5 heteroatoms. The van der Waals surface area contributed by atoms with Crippen molar-refractivity contribution >= 4 is 11.7 Å². The standard InChI is InChI=1S/C25H28N2O3/c1-16(2)22-14-21(10-11-23(22)28)30-24-17(3)12-20(13-18(24)4)27-25(29)26-15-19-8-6-5-7-9-19/h5-14,16,28H,15H2,1-4H3,(H2,26,27,29). The molecule has 2 amide bonds. The molecule has 0 saturated heterocycles. The Hall–Kier alpha value is -3.47. The SMILES string of the molecule is Cc1cc(NC(=O)NCc2ccccc2)cc(C)c1Oc1ccc(O)c(C(C)C)c1. The summed E-state index contributed by atoms with van der Waals surface area (Å²) in [4.78, 5) is 12.2. The van der Waals surface area contributed by atoms with Gasteiger partial charge in [-0.1, -0.05) is 44.2 Å². The fourth-order valence-electron chi connectivity index (χ4n) is 3.31. The summed E-state index contributed by atoms with van der Waals surface area (Å²) in [6, 6.07) is 18.5. The third kappa shape index (κ3) is 5.32. The van der Waals surface area contributed by atoms with Gasteiger partial charge in [-0.25, -0.2) is 4.79 Å². The maximum atomic E-state index is 12.2. The molecule has 0 spiro atoms. The van der Waals surface area contributed by atoms with Crippen LogP contribution < -0.4 is 15.4 Å². The summed E-state index contributed by atoms with van der Waals surface area (Å²) in [7, 11) is 0. The quantitative estimate of drug-likeness (QED) is 0.455. The largest absolute Gasteiger partial charge is 0.508 e. The van der Waals surface area contributed by atoms with Gasteiger partial charge in [-0.3, -0.25) is 0 Å². The highest BCUT2D eigenvalue weighted by molar-refractivity contribution is 5.89. The Bertz CT molecular complexity index is 1010. The number of rotatable bonds is 6. The van der Waals surface area contributed by atoms with Gasteiger partial charge in [0.05, 0.1) is 0 Å². The summed E-state index contributed by atoms with van der Waals surface area (Å²) in [5.41, 5.74) is 4.41. The van der Waals surface area contributed by atoms with Crippen LogP contribution in [0.15, 0.2) is 60.7 Å². The lowest BCUT2D eigenvalue weighted by atomic mass is 10.0. The van der Waals surface area contributed by atoms with E-state index in [1.807, 2.05) is 76.2 Å². The average Bonchev–Trinajstić information content (AvgIpc) is 2.71. The van der Waals surface area contributed by atoms with E-state index in [0.717, 1.165) is 28.0 Å². The zero-order valence-corrected chi connectivity index (χ0v) is 17.8. The molecule has 0 unspecified atom stereocenters. The van der Waals surface area contributed by atoms with Crippen molar-refractivity contribution in [1.82, 2.24) is 5.32 Å². The summed E-state index contributed by atoms with van der Waals surface area (Å²) in [6.45, 7) is 8.40. The molecule has 3 aromatic carbocycles. The van der Waals surface area contributed by atoms with Crippen LogP contribution in [0.1, 0.15) is 42.0 Å². The highest BCUT2D eigenvalue weighted by atomic mass is 16.5. The van der Waals surface area contributed by atoms with Crippen LogP contribution in [-0.4, -0.2) is 11.1 Å². The van der Waals surface area contributed by atoms with Gasteiger partial charge in [-0.05, 0) is 66.8 Å². The normalized spacial score (nSPS) is 10.7. The molecule has 156 valence electrons. The number of ether oxygens (including phenoxy) is 1. The van der Waals surface area contributed by atoms with Crippen LogP contribution in [0, 0.1) is 13.8 Å². The Morgan fingerprint density at radius 3 is 2.30 bits per heavy atom. The first-order valence-corrected chi connectivity index (χ1v) is 10.0. The molecule has 0 aliphatic heterocycles. The maximum Gasteiger partial charge on any atom is 0.319 e. The molecule has 0 aromatic heterocycles. The number of nitrogens with one attached hydrogen (secondary N) is 2. The van der Waals surface area contributed by atoms with Gasteiger partial charge in [0, 0.05) is 17.8 Å². The number of amides is 2. The number of aromatic hydroxyl groups is 1. The Kier molecular flexibility index (Phi) is 6.62. The highest BCUT2D eigenvalue weighted by Crippen LogP contribution is 2.35. The number of hydrogen-bond donors (Lipinski definition) is 3. The number of phenols is 1. The summed E-state index contributed by atoms with van der Waals surface area (Å²) < 4.78 is 6.11. The number of urea groups is 1. The van der Waals surface area contributed by atoms with Gasteiger partial charge in [-0.15, -0.1) is 0 Å². The van der Waals surface area contributed by atoms with Gasteiger partial charge in [0.1, 0.15) is 17.2 Å². The molecule has 0 aliphatic carbocycles. The van der Waals surface area contributed by atoms with E-state index in [0.29, 0.717) is 18.0 Å². The van der Waals surface area contributed by atoms with Gasteiger partial charge in [-0.2, -0.15) is 0 Å². The second-order valence-electron chi connectivity index (χ2n) is 7.71. The van der Waals surface area contributed by atoms with Gasteiger partial charge >= 0.3 is 6.03 Å². The van der Waals surface area contributed by atoms with Crippen molar-refractivity contribution in [2.45, 2.75) is 40.2 Å². The number of anilines is 1. The van der Waals surface area contributed by atoms with Crippen LogP contribution in [0.5, 0.6) is 17.2 Å². The van der Waals surface area contributed by atoms with Crippen LogP contribution in [0.2, 0.25) is 0 Å². The molecule has 5 nitrogen and oxygen atoms in total. The van der Waals surface area contributed by atoms with Crippen molar-refractivity contribution in [3.05, 3.63) is 82.9 Å². The number of carbonyl (C=O) groups excluding carboxylic acids is 1. The number of aryl methyl sites for hydroxylation is 2. The molecule has 30 heavy (non-hydrogen) atoms. The molecule has 0 atom stereocenters. The lowest BCUT2D eigenvalue weighted by Crippen LogP contribution is -2.28. The van der Waals surface area contributed by atoms with E-state index >= 15 is 0 Å². The van der Waals surface area contributed by atoms with Crippen molar-refractivity contribution in [3.8, 4) is 17.2 Å². The Morgan fingerprint density at radius 1 is 1.00 bits per heavy atom. The third-order valence-electron chi connectivity index (χ3n) is 4.86. The zero-order valence-electron chi connectivity index (χ0n) is 17.8. The van der Waals surface area contributed by atoms with Gasteiger partial charge in [0.15, 0.2) is 0 Å². The average molecular weight is 405 g/mol. The predicted octanol–water partition coefficient (Wildman–Crippen LogP) is 6.25. The van der Waals surface area contributed by atoms with Crippen molar-refractivity contribution in [2.75, 3.05) is 5.32 Å². The van der Waals surface area contributed by atoms with Crippen LogP contribution >= 0.6 is 0 Å². The topological polar surface area (TPSA) is 70.6 Å². The fourth-order valence-corrected chi connectivity index (χ4v) is 3.31. The van der Waals surface area contributed by atoms with E-state index < -0.39 is 0 Å². The maximum absolute atomic E-state index is 12.2. The smallest absolute Gasteiger partial charge is 0.319 e. The molecule has 0 fully saturated rings. The lowest BCUT2D eigenvalue weighted by molar-refractivity contribution is 0.251. The molecule has 0 radical (unpaired) electrons. The molecular weight excluding hydrogens is 376 g/mol. The highest BCUT2D eigenvalue weighted by Gasteiger charge is 2.12. The molecule has 0 bridgehead atoms. The first-order valence-electron chi connectivity index (χ1n) is 10.0. The monoisotopic (exact) mass is 404 g/mol. The predicted molar refractivity (Wildman–Crippen MR) is 120 cm³/mol. The third-order valence-corrected chi connectivity index (χ3v) is 4.86. The van der Waals surface area contributed by atoms with Crippen LogP contribution in [0.3, 0.4) is 0 Å². The molecular formula is C25H28N2O3. The molecule has 3 aromatic rings. The van der Waals surface area contributed by atoms with Crippen molar-refractivity contribution in [1.29, 1.82) is 0 Å². The minimum atomic E-state index is -0.258.